The molecular weight excluding hydrogens is 467 g/mol. The molecule has 3 aromatic rings. The van der Waals surface area contributed by atoms with Gasteiger partial charge in [0.2, 0.25) is 15.9 Å². The van der Waals surface area contributed by atoms with Crippen LogP contribution in [0.5, 0.6) is 11.5 Å². The molecular formula is C22H23FN4O6S. The number of methoxy groups -OCH3 is 2. The minimum Gasteiger partial charge on any atom is -0.497 e. The van der Waals surface area contributed by atoms with Crippen LogP contribution in [0.2, 0.25) is 0 Å². The first-order chi connectivity index (χ1) is 16.3. The Balaban J connectivity index is 1.38. The Bertz CT molecular complexity index is 1270. The van der Waals surface area contributed by atoms with E-state index >= 15 is 0 Å². The Kier molecular flexibility index (Phi) is 6.80. The first-order valence-electron chi connectivity index (χ1n) is 10.4. The van der Waals surface area contributed by atoms with E-state index in [1.54, 1.807) is 18.2 Å². The first kappa shape index (κ1) is 23.6. The number of carbonyl (C=O) groups excluding carboxylic acids is 1. The molecule has 0 bridgehead atoms. The summed E-state index contributed by atoms with van der Waals surface area (Å²) in [5.74, 6) is -0.0442. The quantitative estimate of drug-likeness (QED) is 0.536. The Labute approximate surface area is 195 Å². The van der Waals surface area contributed by atoms with Gasteiger partial charge in [-0.3, -0.25) is 10.1 Å². The highest BCUT2D eigenvalue weighted by Gasteiger charge is 2.32. The molecule has 1 N–H and O–H groups in total. The molecule has 0 unspecified atom stereocenters. The van der Waals surface area contributed by atoms with Gasteiger partial charge in [-0.2, -0.15) is 4.31 Å². The maximum absolute atomic E-state index is 13.1. The van der Waals surface area contributed by atoms with E-state index in [1.165, 1.54) is 30.7 Å². The molecule has 34 heavy (non-hydrogen) atoms. The SMILES string of the molecule is COc1ccc(-c2nnc(NC(=O)C3CCN(S(=O)(=O)c4ccc(F)cc4)CC3)o2)c(OC)c1. The van der Waals surface area contributed by atoms with Crippen molar-refractivity contribution < 1.29 is 31.5 Å². The number of ether oxygens (including phenoxy) is 2. The molecule has 0 saturated carbocycles. The number of anilines is 1. The molecule has 10 nitrogen and oxygen atoms in total. The monoisotopic (exact) mass is 490 g/mol. The van der Waals surface area contributed by atoms with Gasteiger partial charge < -0.3 is 13.9 Å². The Morgan fingerprint density at radius 3 is 2.44 bits per heavy atom. The van der Waals surface area contributed by atoms with Crippen molar-refractivity contribution in [2.45, 2.75) is 17.7 Å². The van der Waals surface area contributed by atoms with Crippen molar-refractivity contribution >= 4 is 21.9 Å². The van der Waals surface area contributed by atoms with E-state index in [-0.39, 0.29) is 35.8 Å². The van der Waals surface area contributed by atoms with Gasteiger partial charge in [-0.15, -0.1) is 5.10 Å². The van der Waals surface area contributed by atoms with Crippen LogP contribution in [0.3, 0.4) is 0 Å². The third-order valence-corrected chi connectivity index (χ3v) is 7.48. The molecule has 0 spiro atoms. The number of aromatic nitrogens is 2. The molecule has 2 heterocycles. The second-order valence-corrected chi connectivity index (χ2v) is 9.54. The van der Waals surface area contributed by atoms with Crippen molar-refractivity contribution in [3.05, 3.63) is 48.3 Å². The summed E-state index contributed by atoms with van der Waals surface area (Å²) < 4.78 is 56.0. The molecule has 1 aliphatic heterocycles. The molecule has 1 aromatic heterocycles. The number of hydrogen-bond donors (Lipinski definition) is 1. The Morgan fingerprint density at radius 2 is 1.79 bits per heavy atom. The number of amides is 1. The van der Waals surface area contributed by atoms with Crippen LogP contribution in [-0.4, -0.2) is 56.1 Å². The highest BCUT2D eigenvalue weighted by Crippen LogP contribution is 2.33. The van der Waals surface area contributed by atoms with E-state index in [9.17, 15) is 17.6 Å². The molecule has 0 aliphatic carbocycles. The van der Waals surface area contributed by atoms with Gasteiger partial charge in [-0.05, 0) is 49.2 Å². The van der Waals surface area contributed by atoms with Gasteiger partial charge >= 0.3 is 6.01 Å². The minimum atomic E-state index is -3.75. The number of hydrogen-bond acceptors (Lipinski definition) is 8. The minimum absolute atomic E-state index is 0.0177. The Hall–Kier alpha value is -3.51. The normalized spacial score (nSPS) is 15.1. The van der Waals surface area contributed by atoms with Gasteiger partial charge in [0.15, 0.2) is 0 Å². The van der Waals surface area contributed by atoms with Crippen LogP contribution in [0.25, 0.3) is 11.5 Å². The number of nitrogens with zero attached hydrogens (tertiary/aromatic N) is 3. The largest absolute Gasteiger partial charge is 0.497 e. The van der Waals surface area contributed by atoms with Crippen LogP contribution in [0.4, 0.5) is 10.4 Å². The number of carbonyl (C=O) groups is 1. The van der Waals surface area contributed by atoms with E-state index in [1.807, 2.05) is 0 Å². The van der Waals surface area contributed by atoms with Gasteiger partial charge in [0.25, 0.3) is 5.89 Å². The van der Waals surface area contributed by atoms with Crippen molar-refractivity contribution in [1.82, 2.24) is 14.5 Å². The average Bonchev–Trinajstić information content (AvgIpc) is 3.32. The van der Waals surface area contributed by atoms with Gasteiger partial charge in [0.05, 0.1) is 24.7 Å². The van der Waals surface area contributed by atoms with Gasteiger partial charge in [-0.1, -0.05) is 5.10 Å². The molecule has 180 valence electrons. The molecule has 0 radical (unpaired) electrons. The number of piperidine rings is 1. The van der Waals surface area contributed by atoms with Crippen LogP contribution in [0.1, 0.15) is 12.8 Å². The summed E-state index contributed by atoms with van der Waals surface area (Å²) >= 11 is 0. The lowest BCUT2D eigenvalue weighted by atomic mass is 9.97. The molecule has 1 aliphatic rings. The lowest BCUT2D eigenvalue weighted by Gasteiger charge is -2.30. The van der Waals surface area contributed by atoms with E-state index < -0.39 is 21.8 Å². The zero-order chi connectivity index (χ0) is 24.3. The van der Waals surface area contributed by atoms with Gasteiger partial charge in [0, 0.05) is 25.1 Å². The summed E-state index contributed by atoms with van der Waals surface area (Å²) in [5.41, 5.74) is 0.538. The summed E-state index contributed by atoms with van der Waals surface area (Å²) in [5, 5.41) is 10.4. The molecule has 12 heteroatoms. The van der Waals surface area contributed by atoms with Crippen LogP contribution < -0.4 is 14.8 Å². The topological polar surface area (TPSA) is 124 Å². The van der Waals surface area contributed by atoms with E-state index in [0.717, 1.165) is 12.1 Å². The zero-order valence-corrected chi connectivity index (χ0v) is 19.3. The zero-order valence-electron chi connectivity index (χ0n) is 18.5. The predicted molar refractivity (Wildman–Crippen MR) is 119 cm³/mol. The number of benzene rings is 2. The molecule has 1 amide bonds. The van der Waals surface area contributed by atoms with Gasteiger partial charge in [0.1, 0.15) is 17.3 Å². The van der Waals surface area contributed by atoms with Crippen LogP contribution in [-0.2, 0) is 14.8 Å². The van der Waals surface area contributed by atoms with Crippen molar-refractivity contribution in [1.29, 1.82) is 0 Å². The molecule has 2 aromatic carbocycles. The number of nitrogens with one attached hydrogen (secondary N) is 1. The second-order valence-electron chi connectivity index (χ2n) is 7.60. The summed E-state index contributed by atoms with van der Waals surface area (Å²) in [6, 6.07) is 9.69. The molecule has 0 atom stereocenters. The predicted octanol–water partition coefficient (Wildman–Crippen LogP) is 2.93. The summed E-state index contributed by atoms with van der Waals surface area (Å²) in [4.78, 5) is 12.7. The summed E-state index contributed by atoms with van der Waals surface area (Å²) in [6.07, 6.45) is 0.638. The second kappa shape index (κ2) is 9.77. The van der Waals surface area contributed by atoms with Crippen molar-refractivity contribution in [3.63, 3.8) is 0 Å². The molecule has 1 saturated heterocycles. The highest BCUT2D eigenvalue weighted by molar-refractivity contribution is 7.89. The number of sulfonamides is 1. The maximum Gasteiger partial charge on any atom is 0.322 e. The third-order valence-electron chi connectivity index (χ3n) is 5.57. The fourth-order valence-electron chi connectivity index (χ4n) is 3.68. The third kappa shape index (κ3) is 4.87. The molecule has 4 rings (SSSR count). The average molecular weight is 491 g/mol. The lowest BCUT2D eigenvalue weighted by molar-refractivity contribution is -0.121. The first-order valence-corrected chi connectivity index (χ1v) is 11.9. The fourth-order valence-corrected chi connectivity index (χ4v) is 5.15. The number of halogens is 1. The molecule has 1 fully saturated rings. The standard InChI is InChI=1S/C22H23FN4O6S/c1-31-16-5-8-18(19(13-16)32-2)21-25-26-22(33-21)24-20(28)14-9-11-27(12-10-14)34(29,30)17-6-3-15(23)4-7-17/h3-8,13-14H,9-12H2,1-2H3,(H,24,26,28). The Morgan fingerprint density at radius 1 is 1.09 bits per heavy atom. The fraction of sp³-hybridized carbons (Fsp3) is 0.318. The van der Waals surface area contributed by atoms with Crippen molar-refractivity contribution in [3.8, 4) is 23.0 Å². The van der Waals surface area contributed by atoms with E-state index in [4.69, 9.17) is 13.9 Å². The lowest BCUT2D eigenvalue weighted by Crippen LogP contribution is -2.41. The van der Waals surface area contributed by atoms with Crippen LogP contribution in [0.15, 0.2) is 51.8 Å². The number of rotatable bonds is 7. The highest BCUT2D eigenvalue weighted by atomic mass is 32.2. The maximum atomic E-state index is 13.1. The summed E-state index contributed by atoms with van der Waals surface area (Å²) in [6.45, 7) is 0.325. The van der Waals surface area contributed by atoms with Gasteiger partial charge in [-0.25, -0.2) is 12.8 Å². The van der Waals surface area contributed by atoms with E-state index in [2.05, 4.69) is 15.5 Å². The van der Waals surface area contributed by atoms with Crippen LogP contribution >= 0.6 is 0 Å². The van der Waals surface area contributed by atoms with Crippen LogP contribution in [0, 0.1) is 11.7 Å². The van der Waals surface area contributed by atoms with E-state index in [0.29, 0.717) is 29.9 Å². The summed E-state index contributed by atoms with van der Waals surface area (Å²) in [7, 11) is -0.713. The van der Waals surface area contributed by atoms with Crippen molar-refractivity contribution in [2.75, 3.05) is 32.6 Å². The smallest absolute Gasteiger partial charge is 0.322 e. The van der Waals surface area contributed by atoms with Crippen molar-refractivity contribution in [2.24, 2.45) is 5.92 Å².